The summed E-state index contributed by atoms with van der Waals surface area (Å²) < 4.78 is 5.52. The van der Waals surface area contributed by atoms with Crippen molar-refractivity contribution in [3.8, 4) is 5.75 Å². The Morgan fingerprint density at radius 1 is 1.26 bits per heavy atom. The molecule has 3 heterocycles. The first-order valence-electron chi connectivity index (χ1n) is 7.89. The Labute approximate surface area is 140 Å². The van der Waals surface area contributed by atoms with Crippen LogP contribution >= 0.6 is 11.3 Å². The van der Waals surface area contributed by atoms with E-state index in [1.54, 1.807) is 29.7 Å². The molecule has 1 saturated heterocycles. The lowest BCUT2D eigenvalue weighted by atomic mass is 10.2. The maximum Gasteiger partial charge on any atom is 0.276 e. The van der Waals surface area contributed by atoms with Gasteiger partial charge in [0.15, 0.2) is 11.4 Å². The molecular weight excluding hydrogens is 310 g/mol. The summed E-state index contributed by atoms with van der Waals surface area (Å²) in [6.07, 6.45) is 1.64. The Balaban J connectivity index is 1.60. The van der Waals surface area contributed by atoms with Crippen LogP contribution in [0.1, 0.15) is 22.3 Å². The maximum atomic E-state index is 12.7. The number of piperazine rings is 1. The van der Waals surface area contributed by atoms with Crippen molar-refractivity contribution in [3.05, 3.63) is 46.4 Å². The van der Waals surface area contributed by atoms with Crippen molar-refractivity contribution in [1.29, 1.82) is 0 Å². The largest absolute Gasteiger partial charge is 0.491 e. The van der Waals surface area contributed by atoms with Gasteiger partial charge in [0.1, 0.15) is 0 Å². The van der Waals surface area contributed by atoms with Crippen LogP contribution < -0.4 is 4.74 Å². The molecule has 0 atom stereocenters. The van der Waals surface area contributed by atoms with Gasteiger partial charge in [-0.1, -0.05) is 6.07 Å². The third-order valence-electron chi connectivity index (χ3n) is 3.89. The predicted molar refractivity (Wildman–Crippen MR) is 90.9 cm³/mol. The van der Waals surface area contributed by atoms with Crippen LogP contribution in [-0.4, -0.2) is 53.5 Å². The number of thiophene rings is 1. The average Bonchev–Trinajstić information content (AvgIpc) is 3.09. The first-order valence-corrected chi connectivity index (χ1v) is 8.77. The highest BCUT2D eigenvalue weighted by molar-refractivity contribution is 7.09. The lowest BCUT2D eigenvalue weighted by molar-refractivity contribution is 0.0619. The van der Waals surface area contributed by atoms with E-state index in [-0.39, 0.29) is 5.91 Å². The van der Waals surface area contributed by atoms with E-state index in [9.17, 15) is 4.79 Å². The standard InChI is InChI=1S/C17H21N3O2S/c1-2-22-15-6-3-7-18-16(15)17(21)20-10-8-19(9-11-20)13-14-5-4-12-23-14/h3-7,12H,2,8-11,13H2,1H3. The predicted octanol–water partition coefficient (Wildman–Crippen LogP) is 2.50. The number of rotatable bonds is 5. The normalized spacial score (nSPS) is 15.6. The van der Waals surface area contributed by atoms with Crippen LogP contribution in [0.2, 0.25) is 0 Å². The molecule has 0 saturated carbocycles. The molecule has 0 N–H and O–H groups in total. The summed E-state index contributed by atoms with van der Waals surface area (Å²) in [5.41, 5.74) is 0.418. The fourth-order valence-electron chi connectivity index (χ4n) is 2.70. The summed E-state index contributed by atoms with van der Waals surface area (Å²) in [5, 5.41) is 2.10. The van der Waals surface area contributed by atoms with Crippen LogP contribution in [0, 0.1) is 0 Å². The second kappa shape index (κ2) is 7.57. The van der Waals surface area contributed by atoms with Gasteiger partial charge in [0.05, 0.1) is 6.61 Å². The molecule has 0 bridgehead atoms. The SMILES string of the molecule is CCOc1cccnc1C(=O)N1CCN(Cc2cccs2)CC1. The second-order valence-corrected chi connectivity index (χ2v) is 6.46. The average molecular weight is 331 g/mol. The number of carbonyl (C=O) groups excluding carboxylic acids is 1. The molecule has 1 amide bonds. The maximum absolute atomic E-state index is 12.7. The smallest absolute Gasteiger partial charge is 0.276 e. The van der Waals surface area contributed by atoms with E-state index in [0.29, 0.717) is 18.1 Å². The number of aromatic nitrogens is 1. The van der Waals surface area contributed by atoms with Crippen molar-refractivity contribution < 1.29 is 9.53 Å². The van der Waals surface area contributed by atoms with Crippen LogP contribution in [0.25, 0.3) is 0 Å². The zero-order chi connectivity index (χ0) is 16.1. The molecule has 1 fully saturated rings. The highest BCUT2D eigenvalue weighted by Gasteiger charge is 2.25. The van der Waals surface area contributed by atoms with Crippen LogP contribution in [0.5, 0.6) is 5.75 Å². The molecule has 2 aromatic rings. The summed E-state index contributed by atoms with van der Waals surface area (Å²) in [6, 6.07) is 7.83. The molecule has 122 valence electrons. The number of hydrogen-bond acceptors (Lipinski definition) is 5. The molecule has 1 aliphatic rings. The van der Waals surface area contributed by atoms with Crippen molar-refractivity contribution in [2.45, 2.75) is 13.5 Å². The Morgan fingerprint density at radius 3 is 2.78 bits per heavy atom. The van der Waals surface area contributed by atoms with Gasteiger partial charge >= 0.3 is 0 Å². The first-order chi connectivity index (χ1) is 11.3. The molecule has 0 unspecified atom stereocenters. The fraction of sp³-hybridized carbons (Fsp3) is 0.412. The van der Waals surface area contributed by atoms with Gasteiger partial charge in [0.25, 0.3) is 5.91 Å². The summed E-state index contributed by atoms with van der Waals surface area (Å²) in [5.74, 6) is 0.533. The number of pyridine rings is 1. The van der Waals surface area contributed by atoms with E-state index in [4.69, 9.17) is 4.74 Å². The van der Waals surface area contributed by atoms with Crippen LogP contribution in [0.4, 0.5) is 0 Å². The molecule has 2 aromatic heterocycles. The van der Waals surface area contributed by atoms with Crippen LogP contribution in [0.15, 0.2) is 35.8 Å². The molecule has 0 aliphatic carbocycles. The quantitative estimate of drug-likeness (QED) is 0.844. The van der Waals surface area contributed by atoms with Gasteiger partial charge in [-0.3, -0.25) is 9.69 Å². The van der Waals surface area contributed by atoms with Gasteiger partial charge in [-0.25, -0.2) is 4.98 Å². The van der Waals surface area contributed by atoms with E-state index >= 15 is 0 Å². The lowest BCUT2D eigenvalue weighted by Gasteiger charge is -2.34. The Morgan fingerprint density at radius 2 is 2.09 bits per heavy atom. The first kappa shape index (κ1) is 16.0. The summed E-state index contributed by atoms with van der Waals surface area (Å²) in [6.45, 7) is 6.64. The molecular formula is C17H21N3O2S. The molecule has 6 heteroatoms. The van der Waals surface area contributed by atoms with E-state index in [0.717, 1.165) is 32.7 Å². The number of hydrogen-bond donors (Lipinski definition) is 0. The van der Waals surface area contributed by atoms with Gasteiger partial charge < -0.3 is 9.64 Å². The second-order valence-electron chi connectivity index (χ2n) is 5.43. The van der Waals surface area contributed by atoms with Gasteiger partial charge in [-0.2, -0.15) is 0 Å². The van der Waals surface area contributed by atoms with Crippen molar-refractivity contribution in [2.24, 2.45) is 0 Å². The monoisotopic (exact) mass is 331 g/mol. The van der Waals surface area contributed by atoms with Crippen molar-refractivity contribution in [1.82, 2.24) is 14.8 Å². The molecule has 3 rings (SSSR count). The Kier molecular flexibility index (Phi) is 5.25. The number of amides is 1. The fourth-order valence-corrected chi connectivity index (χ4v) is 3.45. The van der Waals surface area contributed by atoms with E-state index in [1.807, 2.05) is 11.8 Å². The highest BCUT2D eigenvalue weighted by atomic mass is 32.1. The van der Waals surface area contributed by atoms with Gasteiger partial charge in [0, 0.05) is 43.8 Å². The Hall–Kier alpha value is -1.92. The molecule has 1 aliphatic heterocycles. The van der Waals surface area contributed by atoms with Crippen molar-refractivity contribution >= 4 is 17.2 Å². The van der Waals surface area contributed by atoms with Crippen LogP contribution in [-0.2, 0) is 6.54 Å². The van der Waals surface area contributed by atoms with Gasteiger partial charge in [-0.15, -0.1) is 11.3 Å². The molecule has 5 nitrogen and oxygen atoms in total. The minimum Gasteiger partial charge on any atom is -0.491 e. The van der Waals surface area contributed by atoms with Crippen molar-refractivity contribution in [2.75, 3.05) is 32.8 Å². The summed E-state index contributed by atoms with van der Waals surface area (Å²) in [4.78, 5) is 22.5. The number of ether oxygens (including phenoxy) is 1. The van der Waals surface area contributed by atoms with Crippen LogP contribution in [0.3, 0.4) is 0 Å². The molecule has 0 spiro atoms. The minimum atomic E-state index is -0.0372. The third kappa shape index (κ3) is 3.89. The molecule has 0 aromatic carbocycles. The zero-order valence-electron chi connectivity index (χ0n) is 13.3. The van der Waals surface area contributed by atoms with Crippen molar-refractivity contribution in [3.63, 3.8) is 0 Å². The van der Waals surface area contributed by atoms with Gasteiger partial charge in [-0.05, 0) is 30.5 Å². The number of nitrogens with zero attached hydrogens (tertiary/aromatic N) is 3. The summed E-state index contributed by atoms with van der Waals surface area (Å²) >= 11 is 1.78. The molecule has 23 heavy (non-hydrogen) atoms. The van der Waals surface area contributed by atoms with E-state index in [2.05, 4.69) is 27.4 Å². The minimum absolute atomic E-state index is 0.0372. The number of carbonyl (C=O) groups is 1. The van der Waals surface area contributed by atoms with Gasteiger partial charge in [0.2, 0.25) is 0 Å². The lowest BCUT2D eigenvalue weighted by Crippen LogP contribution is -2.48. The Bertz CT molecular complexity index is 637. The topological polar surface area (TPSA) is 45.7 Å². The van der Waals surface area contributed by atoms with E-state index in [1.165, 1.54) is 4.88 Å². The zero-order valence-corrected chi connectivity index (χ0v) is 14.1. The summed E-state index contributed by atoms with van der Waals surface area (Å²) in [7, 11) is 0. The van der Waals surface area contributed by atoms with E-state index < -0.39 is 0 Å². The molecule has 0 radical (unpaired) electrons. The highest BCUT2D eigenvalue weighted by Crippen LogP contribution is 2.19. The third-order valence-corrected chi connectivity index (χ3v) is 4.75.